The van der Waals surface area contributed by atoms with E-state index < -0.39 is 0 Å². The van der Waals surface area contributed by atoms with E-state index >= 15 is 0 Å². The van der Waals surface area contributed by atoms with Crippen molar-refractivity contribution in [2.75, 3.05) is 37.6 Å². The maximum Gasteiger partial charge on any atom is 0.261 e. The molecule has 2 aromatic heterocycles. The molecule has 5 heteroatoms. The Morgan fingerprint density at radius 2 is 1.70 bits per heavy atom. The predicted molar refractivity (Wildman–Crippen MR) is 110 cm³/mol. The highest BCUT2D eigenvalue weighted by molar-refractivity contribution is 5.46. The highest BCUT2D eigenvalue weighted by atomic mass is 16.1. The lowest BCUT2D eigenvalue weighted by Gasteiger charge is -2.36. The van der Waals surface area contributed by atoms with Crippen LogP contribution in [0.4, 0.5) is 5.69 Å². The van der Waals surface area contributed by atoms with Crippen molar-refractivity contribution in [2.45, 2.75) is 20.3 Å². The van der Waals surface area contributed by atoms with Crippen LogP contribution in [-0.2, 0) is 6.42 Å². The fourth-order valence-electron chi connectivity index (χ4n) is 3.82. The molecular weight excluding hydrogens is 336 g/mol. The molecule has 4 rings (SSSR count). The van der Waals surface area contributed by atoms with Crippen molar-refractivity contribution < 1.29 is 0 Å². The summed E-state index contributed by atoms with van der Waals surface area (Å²) in [6.07, 6.45) is 2.63. The van der Waals surface area contributed by atoms with Crippen LogP contribution < -0.4 is 10.5 Å². The zero-order chi connectivity index (χ0) is 18.8. The number of nitrogens with zero attached hydrogens (tertiary/aromatic N) is 4. The van der Waals surface area contributed by atoms with Gasteiger partial charge in [-0.15, -0.1) is 0 Å². The second-order valence-corrected chi connectivity index (χ2v) is 7.33. The van der Waals surface area contributed by atoms with Crippen LogP contribution in [0.25, 0.3) is 5.65 Å². The highest BCUT2D eigenvalue weighted by Crippen LogP contribution is 2.16. The number of hydrogen-bond donors (Lipinski definition) is 0. The van der Waals surface area contributed by atoms with Gasteiger partial charge in [0.1, 0.15) is 5.65 Å². The van der Waals surface area contributed by atoms with E-state index in [1.54, 1.807) is 4.40 Å². The standard InChI is InChI=1S/C22H26N4O/c1-17-8-9-21-23-18(2)20(22(27)26(21)16-17)10-11-24-12-14-25(15-13-24)19-6-4-3-5-7-19/h3-9,16H,10-15H2,1-2H3. The fourth-order valence-corrected chi connectivity index (χ4v) is 3.82. The fraction of sp³-hybridized carbons (Fsp3) is 0.364. The van der Waals surface area contributed by atoms with Gasteiger partial charge in [0.05, 0.1) is 0 Å². The van der Waals surface area contributed by atoms with Crippen molar-refractivity contribution in [1.29, 1.82) is 0 Å². The van der Waals surface area contributed by atoms with E-state index in [1.165, 1.54) is 5.69 Å². The van der Waals surface area contributed by atoms with Gasteiger partial charge in [0.2, 0.25) is 0 Å². The summed E-state index contributed by atoms with van der Waals surface area (Å²) < 4.78 is 1.69. The molecule has 0 spiro atoms. The predicted octanol–water partition coefficient (Wildman–Crippen LogP) is 2.68. The number of hydrogen-bond acceptors (Lipinski definition) is 4. The van der Waals surface area contributed by atoms with Crippen LogP contribution in [0.1, 0.15) is 16.8 Å². The Morgan fingerprint density at radius 1 is 0.963 bits per heavy atom. The molecule has 1 saturated heterocycles. The second-order valence-electron chi connectivity index (χ2n) is 7.33. The third-order valence-electron chi connectivity index (χ3n) is 5.44. The van der Waals surface area contributed by atoms with Gasteiger partial charge in [-0.3, -0.25) is 14.1 Å². The number of pyridine rings is 1. The van der Waals surface area contributed by atoms with Crippen LogP contribution in [-0.4, -0.2) is 47.0 Å². The number of benzene rings is 1. The minimum absolute atomic E-state index is 0.0733. The molecule has 27 heavy (non-hydrogen) atoms. The zero-order valence-corrected chi connectivity index (χ0v) is 16.1. The molecule has 5 nitrogen and oxygen atoms in total. The highest BCUT2D eigenvalue weighted by Gasteiger charge is 2.18. The molecule has 1 aromatic carbocycles. The molecule has 0 N–H and O–H groups in total. The van der Waals surface area contributed by atoms with Crippen molar-refractivity contribution >= 4 is 11.3 Å². The van der Waals surface area contributed by atoms with E-state index in [-0.39, 0.29) is 5.56 Å². The molecule has 0 aliphatic carbocycles. The van der Waals surface area contributed by atoms with Gasteiger partial charge >= 0.3 is 0 Å². The summed E-state index contributed by atoms with van der Waals surface area (Å²) in [5, 5.41) is 0. The monoisotopic (exact) mass is 362 g/mol. The first kappa shape index (κ1) is 17.7. The Hall–Kier alpha value is -2.66. The average Bonchev–Trinajstić information content (AvgIpc) is 2.70. The summed E-state index contributed by atoms with van der Waals surface area (Å²) in [7, 11) is 0. The van der Waals surface area contributed by atoms with E-state index in [4.69, 9.17) is 0 Å². The van der Waals surface area contributed by atoms with Gasteiger partial charge in [-0.2, -0.15) is 0 Å². The van der Waals surface area contributed by atoms with Crippen LogP contribution in [0.2, 0.25) is 0 Å². The van der Waals surface area contributed by atoms with Crippen molar-refractivity contribution in [1.82, 2.24) is 14.3 Å². The summed E-state index contributed by atoms with van der Waals surface area (Å²) >= 11 is 0. The van der Waals surface area contributed by atoms with Crippen LogP contribution in [0.5, 0.6) is 0 Å². The SMILES string of the molecule is Cc1ccc2nc(C)c(CCN3CCN(c4ccccc4)CC3)c(=O)n2c1. The van der Waals surface area contributed by atoms with E-state index in [1.807, 2.05) is 32.2 Å². The lowest BCUT2D eigenvalue weighted by atomic mass is 10.1. The van der Waals surface area contributed by atoms with E-state index in [9.17, 15) is 4.79 Å². The molecule has 0 bridgehead atoms. The molecule has 0 unspecified atom stereocenters. The first-order chi connectivity index (χ1) is 13.1. The molecule has 0 atom stereocenters. The largest absolute Gasteiger partial charge is 0.369 e. The molecule has 1 aliphatic heterocycles. The number of piperazine rings is 1. The number of para-hydroxylation sites is 1. The quantitative estimate of drug-likeness (QED) is 0.716. The Balaban J connectivity index is 1.43. The number of aromatic nitrogens is 2. The molecule has 0 radical (unpaired) electrons. The van der Waals surface area contributed by atoms with Gasteiger partial charge in [-0.1, -0.05) is 24.3 Å². The Labute approximate surface area is 159 Å². The molecule has 3 aromatic rings. The Bertz CT molecular complexity index is 988. The van der Waals surface area contributed by atoms with E-state index in [0.29, 0.717) is 0 Å². The van der Waals surface area contributed by atoms with Crippen molar-refractivity contribution in [3.63, 3.8) is 0 Å². The lowest BCUT2D eigenvalue weighted by molar-refractivity contribution is 0.260. The Kier molecular flexibility index (Phi) is 4.94. The summed E-state index contributed by atoms with van der Waals surface area (Å²) in [5.74, 6) is 0. The smallest absolute Gasteiger partial charge is 0.261 e. The maximum atomic E-state index is 12.9. The minimum atomic E-state index is 0.0733. The number of aryl methyl sites for hydroxylation is 2. The molecule has 0 saturated carbocycles. The van der Waals surface area contributed by atoms with E-state index in [2.05, 4.69) is 45.1 Å². The van der Waals surface area contributed by atoms with Gasteiger partial charge in [0.25, 0.3) is 5.56 Å². The number of fused-ring (bicyclic) bond motifs is 1. The number of anilines is 1. The molecule has 0 amide bonds. The summed E-state index contributed by atoms with van der Waals surface area (Å²) in [4.78, 5) is 22.4. The summed E-state index contributed by atoms with van der Waals surface area (Å²) in [6.45, 7) is 8.94. The third kappa shape index (κ3) is 3.74. The zero-order valence-electron chi connectivity index (χ0n) is 16.1. The molecular formula is C22H26N4O. The van der Waals surface area contributed by atoms with E-state index in [0.717, 1.165) is 61.6 Å². The van der Waals surface area contributed by atoms with Crippen LogP contribution in [0.3, 0.4) is 0 Å². The normalized spacial score (nSPS) is 15.4. The molecule has 1 fully saturated rings. The van der Waals surface area contributed by atoms with Crippen molar-refractivity contribution in [3.05, 3.63) is 75.8 Å². The average molecular weight is 362 g/mol. The first-order valence-corrected chi connectivity index (χ1v) is 9.63. The summed E-state index contributed by atoms with van der Waals surface area (Å²) in [5.41, 5.74) is 4.85. The van der Waals surface area contributed by atoms with Crippen LogP contribution in [0, 0.1) is 13.8 Å². The lowest BCUT2D eigenvalue weighted by Crippen LogP contribution is -2.47. The molecule has 140 valence electrons. The van der Waals surface area contributed by atoms with Gasteiger partial charge < -0.3 is 4.90 Å². The number of rotatable bonds is 4. The second kappa shape index (κ2) is 7.53. The third-order valence-corrected chi connectivity index (χ3v) is 5.44. The van der Waals surface area contributed by atoms with Gasteiger partial charge in [0.15, 0.2) is 0 Å². The van der Waals surface area contributed by atoms with Crippen molar-refractivity contribution in [2.24, 2.45) is 0 Å². The maximum absolute atomic E-state index is 12.9. The topological polar surface area (TPSA) is 40.9 Å². The van der Waals surface area contributed by atoms with Crippen molar-refractivity contribution in [3.8, 4) is 0 Å². The Morgan fingerprint density at radius 3 is 2.44 bits per heavy atom. The molecule has 1 aliphatic rings. The molecule has 3 heterocycles. The first-order valence-electron chi connectivity index (χ1n) is 9.63. The van der Waals surface area contributed by atoms with Gasteiger partial charge in [-0.05, 0) is 44.0 Å². The van der Waals surface area contributed by atoms with Gasteiger partial charge in [0, 0.05) is 55.9 Å². The van der Waals surface area contributed by atoms with Crippen LogP contribution in [0.15, 0.2) is 53.5 Å². The summed E-state index contributed by atoms with van der Waals surface area (Å²) in [6, 6.07) is 14.5. The minimum Gasteiger partial charge on any atom is -0.369 e. The van der Waals surface area contributed by atoms with Gasteiger partial charge in [-0.25, -0.2) is 4.98 Å². The van der Waals surface area contributed by atoms with Crippen LogP contribution >= 0.6 is 0 Å².